The van der Waals surface area contributed by atoms with Crippen molar-refractivity contribution in [3.8, 4) is 5.75 Å². The minimum atomic E-state index is -1.48. The Labute approximate surface area is 330 Å². The molecule has 7 unspecified atom stereocenters. The number of benzene rings is 4. The van der Waals surface area contributed by atoms with Gasteiger partial charge in [0.2, 0.25) is 17.6 Å². The summed E-state index contributed by atoms with van der Waals surface area (Å²) in [7, 11) is 0. The number of esters is 1. The number of carbonyl (C=O) groups excluding carboxylic acids is 3. The zero-order valence-corrected chi connectivity index (χ0v) is 31.3. The minimum Gasteiger partial charge on any atom is -0.508 e. The highest BCUT2D eigenvalue weighted by atomic mass is 16.8. The average Bonchev–Trinajstić information content (AvgIpc) is 3.98. The van der Waals surface area contributed by atoms with E-state index in [1.165, 1.54) is 0 Å². The van der Waals surface area contributed by atoms with Crippen LogP contribution in [0.25, 0.3) is 6.08 Å². The molecule has 4 aromatic carbocycles. The highest BCUT2D eigenvalue weighted by molar-refractivity contribution is 5.96. The van der Waals surface area contributed by atoms with Crippen LogP contribution in [0.1, 0.15) is 47.1 Å². The van der Waals surface area contributed by atoms with Crippen molar-refractivity contribution < 1.29 is 43.6 Å². The van der Waals surface area contributed by atoms with Gasteiger partial charge in [0.05, 0.1) is 13.2 Å². The zero-order valence-electron chi connectivity index (χ0n) is 31.3. The Morgan fingerprint density at radius 1 is 0.860 bits per heavy atom. The highest BCUT2D eigenvalue weighted by Gasteiger charge is 2.77. The number of likely N-dealkylation sites (tertiary alicyclic amines) is 1. The van der Waals surface area contributed by atoms with Gasteiger partial charge in [-0.3, -0.25) is 19.2 Å². The maximum atomic E-state index is 15.4. The molecular weight excluding hydrogens is 727 g/mol. The number of allylic oxidation sites excluding steroid dienone is 1. The molecule has 12 heteroatoms. The quantitative estimate of drug-likeness (QED) is 0.190. The number of hydrogen-bond donors (Lipinski definition) is 3. The molecule has 9 rings (SSSR count). The Morgan fingerprint density at radius 3 is 2.25 bits per heavy atom. The molecule has 7 atom stereocenters. The molecule has 57 heavy (non-hydrogen) atoms. The molecule has 1 aliphatic carbocycles. The van der Waals surface area contributed by atoms with Crippen molar-refractivity contribution in [2.45, 2.75) is 74.5 Å². The van der Waals surface area contributed by atoms with Gasteiger partial charge in [-0.15, -0.1) is 0 Å². The molecule has 4 aromatic rings. The van der Waals surface area contributed by atoms with Crippen molar-refractivity contribution in [3.05, 3.63) is 143 Å². The van der Waals surface area contributed by atoms with Gasteiger partial charge in [-0.05, 0) is 42.0 Å². The maximum absolute atomic E-state index is 15.4. The van der Waals surface area contributed by atoms with Crippen LogP contribution in [0.2, 0.25) is 0 Å². The SMILES string of the molecule is O=C(NCCO)C1CCCN1C(=O)C12CC3OC(=O)C1N(Cc1ccccc1C=CCc1ccccc1O)OC2C1OC(c2ccccc2)(c2ccccc2)OC31. The van der Waals surface area contributed by atoms with Gasteiger partial charge >= 0.3 is 5.97 Å². The number of aromatic hydroxyl groups is 1. The number of nitrogens with zero attached hydrogens (tertiary/aromatic N) is 2. The van der Waals surface area contributed by atoms with Crippen molar-refractivity contribution >= 4 is 23.9 Å². The van der Waals surface area contributed by atoms with Crippen LogP contribution in [-0.4, -0.2) is 94.2 Å². The van der Waals surface area contributed by atoms with Crippen molar-refractivity contribution in [1.29, 1.82) is 0 Å². The Morgan fingerprint density at radius 2 is 1.53 bits per heavy atom. The lowest BCUT2D eigenvalue weighted by atomic mass is 9.62. The van der Waals surface area contributed by atoms with Crippen LogP contribution >= 0.6 is 0 Å². The number of para-hydroxylation sites is 1. The first kappa shape index (κ1) is 37.2. The molecule has 5 aliphatic rings. The Kier molecular flexibility index (Phi) is 9.91. The molecule has 4 heterocycles. The van der Waals surface area contributed by atoms with Crippen molar-refractivity contribution in [3.63, 3.8) is 0 Å². The van der Waals surface area contributed by atoms with E-state index in [0.717, 1.165) is 27.8 Å². The van der Waals surface area contributed by atoms with Crippen LogP contribution in [0.15, 0.2) is 115 Å². The monoisotopic (exact) mass is 771 g/mol. The number of amides is 2. The van der Waals surface area contributed by atoms with Gasteiger partial charge in [-0.2, -0.15) is 5.06 Å². The number of rotatable bonds is 11. The van der Waals surface area contributed by atoms with E-state index < -0.39 is 53.7 Å². The number of phenols is 1. The fourth-order valence-electron chi connectivity index (χ4n) is 9.52. The highest BCUT2D eigenvalue weighted by Crippen LogP contribution is 2.60. The largest absolute Gasteiger partial charge is 0.508 e. The van der Waals surface area contributed by atoms with E-state index >= 15 is 4.79 Å². The van der Waals surface area contributed by atoms with Gasteiger partial charge in [-0.1, -0.05) is 115 Å². The fourth-order valence-corrected chi connectivity index (χ4v) is 9.52. The molecule has 294 valence electrons. The first-order valence-electron chi connectivity index (χ1n) is 19.7. The third-order valence-electron chi connectivity index (χ3n) is 12.1. The van der Waals surface area contributed by atoms with Crippen LogP contribution < -0.4 is 5.32 Å². The van der Waals surface area contributed by atoms with Crippen molar-refractivity contribution in [2.24, 2.45) is 5.41 Å². The van der Waals surface area contributed by atoms with Crippen LogP contribution in [0, 0.1) is 5.41 Å². The molecule has 5 fully saturated rings. The van der Waals surface area contributed by atoms with E-state index in [-0.39, 0.29) is 43.7 Å². The van der Waals surface area contributed by atoms with Gasteiger partial charge < -0.3 is 34.6 Å². The van der Waals surface area contributed by atoms with E-state index in [1.807, 2.05) is 109 Å². The normalized spacial score (nSPS) is 28.6. The van der Waals surface area contributed by atoms with E-state index in [4.69, 9.17) is 19.0 Å². The lowest BCUT2D eigenvalue weighted by molar-refractivity contribution is -0.214. The molecule has 1 saturated carbocycles. The Balaban J connectivity index is 1.11. The summed E-state index contributed by atoms with van der Waals surface area (Å²) in [6, 6.07) is 32.2. The number of carbonyl (C=O) groups is 3. The number of hydrogen-bond acceptors (Lipinski definition) is 10. The number of ether oxygens (including phenoxy) is 3. The predicted octanol–water partition coefficient (Wildman–Crippen LogP) is 4.23. The lowest BCUT2D eigenvalue weighted by Crippen LogP contribution is -2.70. The molecule has 0 radical (unpaired) electrons. The summed E-state index contributed by atoms with van der Waals surface area (Å²) in [5, 5.41) is 24.1. The van der Waals surface area contributed by atoms with Gasteiger partial charge in [0.25, 0.3) is 0 Å². The lowest BCUT2D eigenvalue weighted by Gasteiger charge is -2.50. The maximum Gasteiger partial charge on any atom is 0.327 e. The number of phenolic OH excluding ortho intramolecular Hbond substituents is 1. The number of aliphatic hydroxyl groups is 1. The summed E-state index contributed by atoms with van der Waals surface area (Å²) in [5.74, 6) is -2.49. The van der Waals surface area contributed by atoms with Crippen molar-refractivity contribution in [2.75, 3.05) is 19.7 Å². The second kappa shape index (κ2) is 15.2. The third-order valence-corrected chi connectivity index (χ3v) is 12.1. The van der Waals surface area contributed by atoms with E-state index in [0.29, 0.717) is 25.8 Å². The van der Waals surface area contributed by atoms with Crippen LogP contribution in [0.4, 0.5) is 0 Å². The van der Waals surface area contributed by atoms with Gasteiger partial charge in [-0.25, -0.2) is 0 Å². The average molecular weight is 772 g/mol. The van der Waals surface area contributed by atoms with Crippen molar-refractivity contribution in [1.82, 2.24) is 15.3 Å². The predicted molar refractivity (Wildman–Crippen MR) is 207 cm³/mol. The topological polar surface area (TPSA) is 147 Å². The van der Waals surface area contributed by atoms with Crippen LogP contribution in [-0.2, 0) is 52.2 Å². The second-order valence-corrected chi connectivity index (χ2v) is 15.3. The fraction of sp³-hybridized carbons (Fsp3) is 0.356. The molecule has 2 amide bonds. The van der Waals surface area contributed by atoms with Gasteiger partial charge in [0, 0.05) is 30.6 Å². The molecule has 0 spiro atoms. The zero-order chi connectivity index (χ0) is 39.1. The molecule has 4 aliphatic heterocycles. The van der Waals surface area contributed by atoms with E-state index in [1.54, 1.807) is 22.1 Å². The smallest absolute Gasteiger partial charge is 0.327 e. The molecule has 2 bridgehead atoms. The summed E-state index contributed by atoms with van der Waals surface area (Å²) in [6.45, 7) is 0.293. The van der Waals surface area contributed by atoms with E-state index in [9.17, 15) is 19.8 Å². The Bertz CT molecular complexity index is 2130. The van der Waals surface area contributed by atoms with Crippen LogP contribution in [0.3, 0.4) is 0 Å². The van der Waals surface area contributed by atoms with Crippen LogP contribution in [0.5, 0.6) is 5.75 Å². The van der Waals surface area contributed by atoms with E-state index in [2.05, 4.69) is 5.32 Å². The molecular formula is C45H45N3O9. The number of aliphatic hydroxyl groups excluding tert-OH is 1. The molecule has 12 nitrogen and oxygen atoms in total. The minimum absolute atomic E-state index is 0.0649. The summed E-state index contributed by atoms with van der Waals surface area (Å²) in [4.78, 5) is 51.9. The molecule has 0 aromatic heterocycles. The number of hydroxylamine groups is 2. The number of fused-ring (bicyclic) bond motifs is 4. The van der Waals surface area contributed by atoms with Gasteiger partial charge in [0.15, 0.2) is 6.04 Å². The molecule has 4 saturated heterocycles. The second-order valence-electron chi connectivity index (χ2n) is 15.3. The number of nitrogens with one attached hydrogen (secondary N) is 1. The summed E-state index contributed by atoms with van der Waals surface area (Å²) in [6.07, 6.45) is 2.14. The summed E-state index contributed by atoms with van der Waals surface area (Å²) < 4.78 is 20.4. The Hall–Kier alpha value is -5.37. The first-order chi connectivity index (χ1) is 27.8. The first-order valence-corrected chi connectivity index (χ1v) is 19.7. The molecule has 3 N–H and O–H groups in total. The summed E-state index contributed by atoms with van der Waals surface area (Å²) in [5.41, 5.74) is 2.50. The standard InChI is InChI=1S/C45H45N3O9/c49-26-24-46-41(51)34-22-12-25-47(34)43(53)44-27-36-37-38(56-45(55-37,32-18-3-1-4-19-32)33-20-5-2-6-21-33)40(44)57-48(39(44)42(52)54-36)28-31-15-8-7-13-29(31)16-11-17-30-14-9-10-23-35(30)50/h1-11,13-16,18-21,23,34,36-40,49-50H,12,17,22,24-28H2,(H,46,51). The third kappa shape index (κ3) is 6.32. The van der Waals surface area contributed by atoms with Gasteiger partial charge in [0.1, 0.15) is 41.6 Å². The summed E-state index contributed by atoms with van der Waals surface area (Å²) >= 11 is 0.